The minimum atomic E-state index is -0.554. The van der Waals surface area contributed by atoms with Crippen LogP contribution < -0.4 is 10.1 Å². The van der Waals surface area contributed by atoms with Gasteiger partial charge in [0.05, 0.1) is 29.7 Å². The van der Waals surface area contributed by atoms with E-state index in [9.17, 15) is 14.9 Å². The maximum Gasteiger partial charge on any atom is 0.273 e. The minimum absolute atomic E-state index is 0.131. The Balaban J connectivity index is 2.21. The van der Waals surface area contributed by atoms with Gasteiger partial charge >= 0.3 is 0 Å². The van der Waals surface area contributed by atoms with Gasteiger partial charge in [0, 0.05) is 6.07 Å². The summed E-state index contributed by atoms with van der Waals surface area (Å²) in [4.78, 5) is 26.3. The molecule has 0 bridgehead atoms. The molecule has 0 saturated carbocycles. The normalized spacial score (nSPS) is 11.7. The van der Waals surface area contributed by atoms with Crippen LogP contribution in [0.1, 0.15) is 29.1 Å². The van der Waals surface area contributed by atoms with Crippen molar-refractivity contribution in [1.29, 1.82) is 0 Å². The number of ether oxygens (including phenoxy) is 1. The molecule has 0 aliphatic rings. The Labute approximate surface area is 119 Å². The predicted octanol–water partition coefficient (Wildman–Crippen LogP) is 1.21. The number of nitrogens with zero attached hydrogens (tertiary/aromatic N) is 3. The molecule has 0 aliphatic carbocycles. The number of nitrogens with one attached hydrogen (secondary N) is 2. The third kappa shape index (κ3) is 3.14. The average Bonchev–Trinajstić information content (AvgIpc) is 3.00. The van der Waals surface area contributed by atoms with Crippen molar-refractivity contribution in [3.8, 4) is 5.75 Å². The van der Waals surface area contributed by atoms with Crippen LogP contribution in [-0.4, -0.2) is 33.1 Å². The first kappa shape index (κ1) is 14.4. The Kier molecular flexibility index (Phi) is 4.12. The largest absolute Gasteiger partial charge is 0.496 e. The molecule has 2 rings (SSSR count). The number of rotatable bonds is 5. The average molecular weight is 291 g/mol. The van der Waals surface area contributed by atoms with Gasteiger partial charge in [-0.3, -0.25) is 20.0 Å². The number of carbonyl (C=O) groups is 1. The van der Waals surface area contributed by atoms with Gasteiger partial charge < -0.3 is 10.1 Å². The van der Waals surface area contributed by atoms with E-state index in [1.807, 2.05) is 0 Å². The van der Waals surface area contributed by atoms with Gasteiger partial charge in [0.15, 0.2) is 0 Å². The van der Waals surface area contributed by atoms with Crippen LogP contribution in [0.15, 0.2) is 24.5 Å². The van der Waals surface area contributed by atoms with E-state index in [0.29, 0.717) is 5.82 Å². The second-order valence-electron chi connectivity index (χ2n) is 4.21. The number of methoxy groups -OCH3 is 1. The maximum absolute atomic E-state index is 12.2. The molecule has 1 amide bonds. The highest BCUT2D eigenvalue weighted by Gasteiger charge is 2.19. The van der Waals surface area contributed by atoms with Crippen LogP contribution in [0.4, 0.5) is 5.69 Å². The Bertz CT molecular complexity index is 656. The van der Waals surface area contributed by atoms with Gasteiger partial charge in [-0.05, 0) is 13.0 Å². The molecule has 0 aliphatic heterocycles. The van der Waals surface area contributed by atoms with Crippen molar-refractivity contribution in [2.45, 2.75) is 13.0 Å². The van der Waals surface area contributed by atoms with Gasteiger partial charge in [-0.25, -0.2) is 4.98 Å². The fourth-order valence-electron chi connectivity index (χ4n) is 1.75. The third-order valence-electron chi connectivity index (χ3n) is 2.83. The maximum atomic E-state index is 12.2. The monoisotopic (exact) mass is 291 g/mol. The zero-order valence-corrected chi connectivity index (χ0v) is 11.4. The summed E-state index contributed by atoms with van der Waals surface area (Å²) in [6, 6.07) is 3.41. The summed E-state index contributed by atoms with van der Waals surface area (Å²) < 4.78 is 5.03. The van der Waals surface area contributed by atoms with E-state index in [-0.39, 0.29) is 23.0 Å². The van der Waals surface area contributed by atoms with Crippen LogP contribution in [0, 0.1) is 10.1 Å². The van der Waals surface area contributed by atoms with E-state index >= 15 is 0 Å². The van der Waals surface area contributed by atoms with Gasteiger partial charge in [-0.2, -0.15) is 5.10 Å². The van der Waals surface area contributed by atoms with Gasteiger partial charge in [-0.15, -0.1) is 0 Å². The molecule has 2 aromatic rings. The molecule has 1 aromatic heterocycles. The molecule has 1 heterocycles. The van der Waals surface area contributed by atoms with E-state index in [1.165, 1.54) is 31.6 Å². The molecule has 1 atom stereocenters. The number of amides is 1. The number of aromatic nitrogens is 3. The number of nitro groups is 1. The minimum Gasteiger partial charge on any atom is -0.496 e. The molecule has 21 heavy (non-hydrogen) atoms. The Morgan fingerprint density at radius 1 is 1.52 bits per heavy atom. The topological polar surface area (TPSA) is 123 Å². The fraction of sp³-hybridized carbons (Fsp3) is 0.250. The molecule has 1 unspecified atom stereocenters. The quantitative estimate of drug-likeness (QED) is 0.630. The Morgan fingerprint density at radius 3 is 2.86 bits per heavy atom. The SMILES string of the molecule is COc1cc([N+](=O)[O-])ccc1C(=O)NC(C)c1ncn[nH]1. The highest BCUT2D eigenvalue weighted by molar-refractivity contribution is 5.97. The highest BCUT2D eigenvalue weighted by atomic mass is 16.6. The van der Waals surface area contributed by atoms with Crippen LogP contribution >= 0.6 is 0 Å². The lowest BCUT2D eigenvalue weighted by Crippen LogP contribution is -2.27. The molecule has 0 saturated heterocycles. The molecule has 0 fully saturated rings. The lowest BCUT2D eigenvalue weighted by Gasteiger charge is -2.13. The molecule has 110 valence electrons. The number of benzene rings is 1. The van der Waals surface area contributed by atoms with Gasteiger partial charge in [0.2, 0.25) is 0 Å². The zero-order chi connectivity index (χ0) is 15.4. The van der Waals surface area contributed by atoms with Gasteiger partial charge in [-0.1, -0.05) is 0 Å². The summed E-state index contributed by atoms with van der Waals surface area (Å²) in [5, 5.41) is 19.8. The molecule has 9 nitrogen and oxygen atoms in total. The first-order valence-corrected chi connectivity index (χ1v) is 6.01. The van der Waals surface area contributed by atoms with Gasteiger partial charge in [0.1, 0.15) is 17.9 Å². The summed E-state index contributed by atoms with van der Waals surface area (Å²) in [7, 11) is 1.34. The van der Waals surface area contributed by atoms with E-state index in [0.717, 1.165) is 0 Å². The van der Waals surface area contributed by atoms with Gasteiger partial charge in [0.25, 0.3) is 11.6 Å². The predicted molar refractivity (Wildman–Crippen MR) is 71.9 cm³/mol. The van der Waals surface area contributed by atoms with Crippen molar-refractivity contribution in [1.82, 2.24) is 20.5 Å². The molecule has 0 spiro atoms. The zero-order valence-electron chi connectivity index (χ0n) is 11.4. The van der Waals surface area contributed by atoms with Crippen molar-refractivity contribution >= 4 is 11.6 Å². The van der Waals surface area contributed by atoms with Crippen molar-refractivity contribution in [2.24, 2.45) is 0 Å². The third-order valence-corrected chi connectivity index (χ3v) is 2.83. The number of hydrogen-bond acceptors (Lipinski definition) is 6. The van der Waals surface area contributed by atoms with Crippen LogP contribution in [0.2, 0.25) is 0 Å². The number of hydrogen-bond donors (Lipinski definition) is 2. The van der Waals surface area contributed by atoms with E-state index < -0.39 is 10.8 Å². The van der Waals surface area contributed by atoms with Crippen LogP contribution in [0.25, 0.3) is 0 Å². The number of nitro benzene ring substituents is 1. The summed E-state index contributed by atoms with van der Waals surface area (Å²) in [5.74, 6) is 0.210. The van der Waals surface area contributed by atoms with E-state index in [4.69, 9.17) is 4.74 Å². The smallest absolute Gasteiger partial charge is 0.273 e. The first-order valence-electron chi connectivity index (χ1n) is 6.01. The number of H-pyrrole nitrogens is 1. The molecule has 9 heteroatoms. The first-order chi connectivity index (χ1) is 10.0. The summed E-state index contributed by atoms with van der Waals surface area (Å²) in [6.07, 6.45) is 1.34. The van der Waals surface area contributed by atoms with Crippen LogP contribution in [0.5, 0.6) is 5.75 Å². The Morgan fingerprint density at radius 2 is 2.29 bits per heavy atom. The highest BCUT2D eigenvalue weighted by Crippen LogP contribution is 2.25. The fourth-order valence-corrected chi connectivity index (χ4v) is 1.75. The summed E-state index contributed by atoms with van der Waals surface area (Å²) in [6.45, 7) is 1.73. The van der Waals surface area contributed by atoms with Crippen LogP contribution in [0.3, 0.4) is 0 Å². The van der Waals surface area contributed by atoms with Crippen LogP contribution in [-0.2, 0) is 0 Å². The standard InChI is InChI=1S/C12H13N5O4/c1-7(11-13-6-14-16-11)15-12(18)9-4-3-8(17(19)20)5-10(9)21-2/h3-7H,1-2H3,(H,15,18)(H,13,14,16). The second-order valence-corrected chi connectivity index (χ2v) is 4.21. The molecule has 1 aromatic carbocycles. The number of carbonyl (C=O) groups excluding carboxylic acids is 1. The lowest BCUT2D eigenvalue weighted by atomic mass is 10.1. The van der Waals surface area contributed by atoms with Crippen molar-refractivity contribution in [2.75, 3.05) is 7.11 Å². The van der Waals surface area contributed by atoms with Crippen molar-refractivity contribution in [3.63, 3.8) is 0 Å². The molecular formula is C12H13N5O4. The molecule has 0 radical (unpaired) electrons. The van der Waals surface area contributed by atoms with Crippen molar-refractivity contribution < 1.29 is 14.5 Å². The lowest BCUT2D eigenvalue weighted by molar-refractivity contribution is -0.384. The number of aromatic amines is 1. The summed E-state index contributed by atoms with van der Waals surface area (Å²) >= 11 is 0. The Hall–Kier alpha value is -2.97. The number of non-ortho nitro benzene ring substituents is 1. The summed E-state index contributed by atoms with van der Waals surface area (Å²) in [5.41, 5.74) is 0.0566. The van der Waals surface area contributed by atoms with Crippen molar-refractivity contribution in [3.05, 3.63) is 46.0 Å². The molecule has 2 N–H and O–H groups in total. The second kappa shape index (κ2) is 5.99. The van der Waals surface area contributed by atoms with E-state index in [2.05, 4.69) is 20.5 Å². The van der Waals surface area contributed by atoms with E-state index in [1.54, 1.807) is 6.92 Å². The molecular weight excluding hydrogens is 278 g/mol.